The number of fused-ring (bicyclic) bond motifs is 2. The topological polar surface area (TPSA) is 96.3 Å². The summed E-state index contributed by atoms with van der Waals surface area (Å²) in [4.78, 5) is 29.2. The first-order chi connectivity index (χ1) is 16.0. The number of benzene rings is 2. The number of aromatic amines is 1. The van der Waals surface area contributed by atoms with Crippen LogP contribution in [0.4, 0.5) is 0 Å². The number of hydrogen-bond donors (Lipinski definition) is 3. The van der Waals surface area contributed by atoms with Gasteiger partial charge in [-0.2, -0.15) is 0 Å². The van der Waals surface area contributed by atoms with Crippen molar-refractivity contribution in [1.82, 2.24) is 14.9 Å². The van der Waals surface area contributed by atoms with Gasteiger partial charge in [-0.15, -0.1) is 0 Å². The number of imide groups is 1. The fourth-order valence-electron chi connectivity index (χ4n) is 4.43. The van der Waals surface area contributed by atoms with Gasteiger partial charge in [-0.1, -0.05) is 40.2 Å². The molecule has 1 aliphatic heterocycles. The van der Waals surface area contributed by atoms with Gasteiger partial charge in [0.25, 0.3) is 11.8 Å². The second kappa shape index (κ2) is 8.62. The predicted octanol–water partition coefficient (Wildman–Crippen LogP) is 3.85. The first-order valence-electron chi connectivity index (χ1n) is 10.7. The lowest BCUT2D eigenvalue weighted by Gasteiger charge is -2.12. The molecule has 0 aliphatic carbocycles. The number of ether oxygens (including phenoxy) is 1. The fourth-order valence-corrected chi connectivity index (χ4v) is 5.00. The summed E-state index contributed by atoms with van der Waals surface area (Å²) in [5, 5.41) is 14.6. The third-order valence-corrected chi connectivity index (χ3v) is 6.50. The molecule has 5 rings (SSSR count). The Morgan fingerprint density at radius 3 is 2.61 bits per heavy atom. The number of aliphatic hydroxyl groups is 1. The second-order valence-corrected chi connectivity index (χ2v) is 8.78. The van der Waals surface area contributed by atoms with Crippen LogP contribution < -0.4 is 5.32 Å². The van der Waals surface area contributed by atoms with E-state index in [1.165, 1.54) is 0 Å². The highest BCUT2D eigenvalue weighted by Crippen LogP contribution is 2.40. The van der Waals surface area contributed by atoms with Crippen molar-refractivity contribution in [3.63, 3.8) is 0 Å². The molecule has 3 N–H and O–H groups in total. The molecule has 2 aromatic carbocycles. The zero-order valence-corrected chi connectivity index (χ0v) is 19.5. The summed E-state index contributed by atoms with van der Waals surface area (Å²) in [5.74, 6) is -0.867. The Labute approximate surface area is 198 Å². The normalized spacial score (nSPS) is 15.1. The molecule has 8 heteroatoms. The zero-order valence-electron chi connectivity index (χ0n) is 17.9. The number of amides is 2. The number of H-pyrrole nitrogens is 1. The summed E-state index contributed by atoms with van der Waals surface area (Å²) in [7, 11) is 0. The molecular weight excluding hydrogens is 486 g/mol. The lowest BCUT2D eigenvalue weighted by atomic mass is 9.95. The van der Waals surface area contributed by atoms with Crippen LogP contribution in [-0.4, -0.2) is 45.8 Å². The standard InChI is InChI=1S/C25H22BrN3O4/c1-2-33-13-14(30)11-29-12-17(21-18(26)7-5-9-20(21)29)23-22(24(31)28-25(23)32)16-10-27-19-8-4-3-6-15(16)19/h3-10,12,14,27,30H,2,11,13H2,1H3,(H,28,31,32). The molecule has 0 radical (unpaired) electrons. The molecule has 0 spiro atoms. The summed E-state index contributed by atoms with van der Waals surface area (Å²) < 4.78 is 8.05. The van der Waals surface area contributed by atoms with Crippen molar-refractivity contribution in [2.45, 2.75) is 19.6 Å². The maximum Gasteiger partial charge on any atom is 0.259 e. The lowest BCUT2D eigenvalue weighted by Crippen LogP contribution is -2.22. The van der Waals surface area contributed by atoms with Crippen molar-refractivity contribution in [2.75, 3.05) is 13.2 Å². The highest BCUT2D eigenvalue weighted by Gasteiger charge is 2.35. The number of rotatable bonds is 7. The first-order valence-corrected chi connectivity index (χ1v) is 11.5. The van der Waals surface area contributed by atoms with Crippen molar-refractivity contribution in [3.05, 3.63) is 70.5 Å². The van der Waals surface area contributed by atoms with Crippen molar-refractivity contribution >= 4 is 60.7 Å². The summed E-state index contributed by atoms with van der Waals surface area (Å²) in [6, 6.07) is 13.4. The minimum Gasteiger partial charge on any atom is -0.389 e. The van der Waals surface area contributed by atoms with Crippen LogP contribution >= 0.6 is 15.9 Å². The number of aliphatic hydroxyl groups excluding tert-OH is 1. The highest BCUT2D eigenvalue weighted by molar-refractivity contribution is 9.10. The Kier molecular flexibility index (Phi) is 5.65. The minimum absolute atomic E-state index is 0.210. The molecule has 33 heavy (non-hydrogen) atoms. The Morgan fingerprint density at radius 1 is 1.06 bits per heavy atom. The molecule has 1 unspecified atom stereocenters. The van der Waals surface area contributed by atoms with E-state index in [-0.39, 0.29) is 13.2 Å². The van der Waals surface area contributed by atoms with E-state index in [1.54, 1.807) is 6.20 Å². The maximum absolute atomic E-state index is 13.1. The Balaban J connectivity index is 1.73. The van der Waals surface area contributed by atoms with Crippen molar-refractivity contribution in [2.24, 2.45) is 0 Å². The Morgan fingerprint density at radius 2 is 1.82 bits per heavy atom. The number of para-hydroxylation sites is 1. The average Bonchev–Trinajstić information content (AvgIpc) is 3.46. The molecule has 1 atom stereocenters. The SMILES string of the molecule is CCOCC(O)Cn1cc(C2=C(c3c[nH]c4ccccc34)C(=O)NC2=O)c2c(Br)cccc21. The summed E-state index contributed by atoms with van der Waals surface area (Å²) >= 11 is 3.61. The molecular formula is C25H22BrN3O4. The smallest absolute Gasteiger partial charge is 0.259 e. The predicted molar refractivity (Wildman–Crippen MR) is 130 cm³/mol. The van der Waals surface area contributed by atoms with Crippen LogP contribution in [0.15, 0.2) is 59.3 Å². The summed E-state index contributed by atoms with van der Waals surface area (Å²) in [5.41, 5.74) is 3.68. The first kappa shape index (κ1) is 21.6. The molecule has 0 saturated carbocycles. The quantitative estimate of drug-likeness (QED) is 0.331. The number of aromatic nitrogens is 2. The average molecular weight is 508 g/mol. The summed E-state index contributed by atoms with van der Waals surface area (Å²) in [6.07, 6.45) is 2.87. The van der Waals surface area contributed by atoms with Gasteiger partial charge in [0, 0.05) is 56.4 Å². The highest BCUT2D eigenvalue weighted by atomic mass is 79.9. The van der Waals surface area contributed by atoms with E-state index in [0.29, 0.717) is 28.9 Å². The largest absolute Gasteiger partial charge is 0.389 e. The van der Waals surface area contributed by atoms with Gasteiger partial charge < -0.3 is 19.4 Å². The summed E-state index contributed by atoms with van der Waals surface area (Å²) in [6.45, 7) is 2.89. The van der Waals surface area contributed by atoms with E-state index in [2.05, 4.69) is 26.2 Å². The van der Waals surface area contributed by atoms with Gasteiger partial charge in [-0.3, -0.25) is 14.9 Å². The van der Waals surface area contributed by atoms with Crippen LogP contribution in [0.5, 0.6) is 0 Å². The third-order valence-electron chi connectivity index (χ3n) is 5.84. The van der Waals surface area contributed by atoms with Gasteiger partial charge in [0.05, 0.1) is 30.4 Å². The molecule has 0 saturated heterocycles. The molecule has 2 aromatic heterocycles. The van der Waals surface area contributed by atoms with Crippen LogP contribution in [-0.2, 0) is 20.9 Å². The number of halogens is 1. The van der Waals surface area contributed by atoms with Crippen LogP contribution in [0.3, 0.4) is 0 Å². The molecule has 168 valence electrons. The number of hydrogen-bond acceptors (Lipinski definition) is 4. The van der Waals surface area contributed by atoms with E-state index >= 15 is 0 Å². The van der Waals surface area contributed by atoms with E-state index in [0.717, 1.165) is 26.3 Å². The van der Waals surface area contributed by atoms with E-state index in [9.17, 15) is 14.7 Å². The molecule has 0 fully saturated rings. The van der Waals surface area contributed by atoms with Crippen LogP contribution in [0.25, 0.3) is 33.0 Å². The maximum atomic E-state index is 13.1. The number of nitrogens with one attached hydrogen (secondary N) is 2. The fraction of sp³-hybridized carbons (Fsp3) is 0.200. The number of nitrogens with zero attached hydrogens (tertiary/aromatic N) is 1. The van der Waals surface area contributed by atoms with Gasteiger partial charge in [0.1, 0.15) is 0 Å². The molecule has 2 amide bonds. The van der Waals surface area contributed by atoms with E-state index < -0.39 is 17.9 Å². The van der Waals surface area contributed by atoms with Crippen LogP contribution in [0.1, 0.15) is 18.1 Å². The molecule has 3 heterocycles. The van der Waals surface area contributed by atoms with E-state index in [1.807, 2.05) is 60.2 Å². The molecule has 0 bridgehead atoms. The third kappa shape index (κ3) is 3.70. The van der Waals surface area contributed by atoms with Crippen molar-refractivity contribution in [1.29, 1.82) is 0 Å². The Bertz CT molecular complexity index is 1430. The van der Waals surface area contributed by atoms with Crippen LogP contribution in [0, 0.1) is 0 Å². The minimum atomic E-state index is -0.714. The van der Waals surface area contributed by atoms with Gasteiger partial charge in [-0.25, -0.2) is 0 Å². The number of carbonyl (C=O) groups excluding carboxylic acids is 2. The zero-order chi connectivity index (χ0) is 23.1. The Hall–Kier alpha value is -3.20. The van der Waals surface area contributed by atoms with Gasteiger partial charge in [0.2, 0.25) is 0 Å². The molecule has 1 aliphatic rings. The van der Waals surface area contributed by atoms with Crippen molar-refractivity contribution in [3.8, 4) is 0 Å². The van der Waals surface area contributed by atoms with Gasteiger partial charge >= 0.3 is 0 Å². The number of carbonyl (C=O) groups is 2. The van der Waals surface area contributed by atoms with E-state index in [4.69, 9.17) is 4.74 Å². The second-order valence-electron chi connectivity index (χ2n) is 7.92. The molecule has 7 nitrogen and oxygen atoms in total. The van der Waals surface area contributed by atoms with Gasteiger partial charge in [-0.05, 0) is 25.1 Å². The lowest BCUT2D eigenvalue weighted by molar-refractivity contribution is -0.122. The molecule has 4 aromatic rings. The monoisotopic (exact) mass is 507 g/mol. The van der Waals surface area contributed by atoms with Crippen molar-refractivity contribution < 1.29 is 19.4 Å². The van der Waals surface area contributed by atoms with Gasteiger partial charge in [0.15, 0.2) is 0 Å². The van der Waals surface area contributed by atoms with Crippen LogP contribution in [0.2, 0.25) is 0 Å².